The molecule has 0 aliphatic carbocycles. The predicted molar refractivity (Wildman–Crippen MR) is 45.6 cm³/mol. The molecule has 4 N–H and O–H groups in total. The number of hydrogen-bond donors (Lipinski definition) is 3. The van der Waals surface area contributed by atoms with E-state index in [9.17, 15) is 0 Å². The fourth-order valence-electron chi connectivity index (χ4n) is 1.44. The first-order valence-electron chi connectivity index (χ1n) is 4.07. The van der Waals surface area contributed by atoms with E-state index < -0.39 is 0 Å². The summed E-state index contributed by atoms with van der Waals surface area (Å²) in [6.45, 7) is 4.88. The number of nitrogens with two attached hydrogens (primary N) is 1. The van der Waals surface area contributed by atoms with Crippen LogP contribution >= 0.6 is 0 Å². The lowest BCUT2D eigenvalue weighted by atomic mass is 10.1. The fraction of sp³-hybridized carbons (Fsp3) is 0.857. The first-order chi connectivity index (χ1) is 5.25. The van der Waals surface area contributed by atoms with Crippen LogP contribution in [0.15, 0.2) is 0 Å². The Kier molecular flexibility index (Phi) is 2.70. The highest BCUT2D eigenvalue weighted by molar-refractivity contribution is 5.75. The van der Waals surface area contributed by atoms with Crippen molar-refractivity contribution in [2.75, 3.05) is 19.6 Å². The molecule has 1 unspecified atom stereocenters. The Hall–Kier alpha value is -0.770. The van der Waals surface area contributed by atoms with Crippen molar-refractivity contribution in [2.24, 2.45) is 5.73 Å². The van der Waals surface area contributed by atoms with Gasteiger partial charge in [0.2, 0.25) is 0 Å². The van der Waals surface area contributed by atoms with Crippen LogP contribution < -0.4 is 11.1 Å². The first-order valence-corrected chi connectivity index (χ1v) is 4.07. The zero-order valence-electron chi connectivity index (χ0n) is 6.93. The molecule has 0 aromatic carbocycles. The zero-order chi connectivity index (χ0) is 8.27. The third kappa shape index (κ3) is 1.83. The number of nitrogens with zero attached hydrogens (tertiary/aromatic N) is 1. The summed E-state index contributed by atoms with van der Waals surface area (Å²) in [7, 11) is 0. The largest absolute Gasteiger partial charge is 0.370 e. The molecule has 1 saturated heterocycles. The second-order valence-corrected chi connectivity index (χ2v) is 2.84. The van der Waals surface area contributed by atoms with Crippen molar-refractivity contribution < 1.29 is 0 Å². The number of hydrogen-bond acceptors (Lipinski definition) is 2. The average Bonchev–Trinajstić information content (AvgIpc) is 2.04. The van der Waals surface area contributed by atoms with Crippen molar-refractivity contribution in [3.8, 4) is 0 Å². The fourth-order valence-corrected chi connectivity index (χ4v) is 1.44. The monoisotopic (exact) mass is 156 g/mol. The number of piperazine rings is 1. The Balaban J connectivity index is 2.51. The average molecular weight is 156 g/mol. The molecule has 1 aliphatic rings. The van der Waals surface area contributed by atoms with Gasteiger partial charge in [0.15, 0.2) is 5.96 Å². The molecule has 0 aromatic heterocycles. The van der Waals surface area contributed by atoms with E-state index in [0.29, 0.717) is 6.04 Å². The van der Waals surface area contributed by atoms with Gasteiger partial charge in [-0.15, -0.1) is 0 Å². The van der Waals surface area contributed by atoms with Crippen LogP contribution in [0.2, 0.25) is 0 Å². The van der Waals surface area contributed by atoms with Gasteiger partial charge < -0.3 is 16.0 Å². The molecule has 4 heteroatoms. The number of guanidine groups is 1. The Bertz CT molecular complexity index is 145. The van der Waals surface area contributed by atoms with Gasteiger partial charge in [-0.05, 0) is 6.42 Å². The Morgan fingerprint density at radius 2 is 2.55 bits per heavy atom. The molecule has 1 aliphatic heterocycles. The highest BCUT2D eigenvalue weighted by Crippen LogP contribution is 2.04. The molecule has 0 bridgehead atoms. The lowest BCUT2D eigenvalue weighted by Gasteiger charge is -2.35. The summed E-state index contributed by atoms with van der Waals surface area (Å²) >= 11 is 0. The Morgan fingerprint density at radius 3 is 3.00 bits per heavy atom. The molecule has 0 radical (unpaired) electrons. The molecular formula is C7H16N4. The highest BCUT2D eigenvalue weighted by Gasteiger charge is 2.20. The van der Waals surface area contributed by atoms with Gasteiger partial charge in [0, 0.05) is 25.7 Å². The summed E-state index contributed by atoms with van der Waals surface area (Å²) in [5, 5.41) is 10.6. The molecule has 1 fully saturated rings. The number of nitrogens with one attached hydrogen (secondary N) is 2. The molecule has 0 saturated carbocycles. The van der Waals surface area contributed by atoms with Gasteiger partial charge in [-0.1, -0.05) is 6.92 Å². The van der Waals surface area contributed by atoms with Crippen LogP contribution in [0.3, 0.4) is 0 Å². The van der Waals surface area contributed by atoms with Crippen molar-refractivity contribution in [1.29, 1.82) is 5.41 Å². The molecular weight excluding hydrogens is 140 g/mol. The van der Waals surface area contributed by atoms with Crippen LogP contribution in [-0.4, -0.2) is 36.5 Å². The minimum Gasteiger partial charge on any atom is -0.370 e. The van der Waals surface area contributed by atoms with Crippen molar-refractivity contribution in [3.05, 3.63) is 0 Å². The molecule has 0 aromatic rings. The Labute approximate surface area is 67.3 Å². The standard InChI is InChI=1S/C7H16N4/c1-2-6-5-10-3-4-11(6)7(8)9/h6,10H,2-5H2,1H3,(H3,8,9). The zero-order valence-corrected chi connectivity index (χ0v) is 6.93. The maximum absolute atomic E-state index is 7.30. The van der Waals surface area contributed by atoms with Crippen LogP contribution in [-0.2, 0) is 0 Å². The summed E-state index contributed by atoms with van der Waals surface area (Å²) in [5.41, 5.74) is 5.41. The normalized spacial score (nSPS) is 25.2. The van der Waals surface area contributed by atoms with E-state index in [2.05, 4.69) is 12.2 Å². The predicted octanol–water partition coefficient (Wildman–Crippen LogP) is -0.436. The molecule has 0 spiro atoms. The lowest BCUT2D eigenvalue weighted by Crippen LogP contribution is -2.55. The number of rotatable bonds is 1. The summed E-state index contributed by atoms with van der Waals surface area (Å²) in [6.07, 6.45) is 1.05. The van der Waals surface area contributed by atoms with Gasteiger partial charge >= 0.3 is 0 Å². The summed E-state index contributed by atoms with van der Waals surface area (Å²) in [6, 6.07) is 0.418. The van der Waals surface area contributed by atoms with E-state index in [1.807, 2.05) is 4.90 Å². The first kappa shape index (κ1) is 8.33. The molecule has 11 heavy (non-hydrogen) atoms. The van der Waals surface area contributed by atoms with Gasteiger partial charge in [0.05, 0.1) is 0 Å². The van der Waals surface area contributed by atoms with Crippen LogP contribution in [0, 0.1) is 5.41 Å². The maximum Gasteiger partial charge on any atom is 0.188 e. The van der Waals surface area contributed by atoms with Crippen LogP contribution in [0.4, 0.5) is 0 Å². The summed E-state index contributed by atoms with van der Waals surface area (Å²) < 4.78 is 0. The van der Waals surface area contributed by atoms with Gasteiger partial charge in [-0.25, -0.2) is 0 Å². The second-order valence-electron chi connectivity index (χ2n) is 2.84. The van der Waals surface area contributed by atoms with E-state index in [4.69, 9.17) is 11.1 Å². The molecule has 4 nitrogen and oxygen atoms in total. The van der Waals surface area contributed by atoms with Gasteiger partial charge in [0.1, 0.15) is 0 Å². The van der Waals surface area contributed by atoms with E-state index in [1.165, 1.54) is 0 Å². The summed E-state index contributed by atoms with van der Waals surface area (Å²) in [5.74, 6) is 0.207. The van der Waals surface area contributed by atoms with E-state index in [-0.39, 0.29) is 5.96 Å². The van der Waals surface area contributed by atoms with Crippen LogP contribution in [0.25, 0.3) is 0 Å². The van der Waals surface area contributed by atoms with Crippen LogP contribution in [0.5, 0.6) is 0 Å². The van der Waals surface area contributed by atoms with E-state index in [0.717, 1.165) is 26.1 Å². The molecule has 64 valence electrons. The quantitative estimate of drug-likeness (QED) is 0.356. The topological polar surface area (TPSA) is 65.1 Å². The van der Waals surface area contributed by atoms with Crippen molar-refractivity contribution in [3.63, 3.8) is 0 Å². The minimum absolute atomic E-state index is 0.207. The molecule has 0 amide bonds. The van der Waals surface area contributed by atoms with Crippen molar-refractivity contribution >= 4 is 5.96 Å². The maximum atomic E-state index is 7.30. The highest BCUT2D eigenvalue weighted by atomic mass is 15.3. The third-order valence-electron chi connectivity index (χ3n) is 2.13. The molecule has 1 atom stereocenters. The smallest absolute Gasteiger partial charge is 0.188 e. The van der Waals surface area contributed by atoms with Crippen LogP contribution in [0.1, 0.15) is 13.3 Å². The van der Waals surface area contributed by atoms with Crippen molar-refractivity contribution in [2.45, 2.75) is 19.4 Å². The van der Waals surface area contributed by atoms with E-state index in [1.54, 1.807) is 0 Å². The second kappa shape index (κ2) is 3.57. The molecule has 1 heterocycles. The third-order valence-corrected chi connectivity index (χ3v) is 2.13. The minimum atomic E-state index is 0.207. The summed E-state index contributed by atoms with van der Waals surface area (Å²) in [4.78, 5) is 1.95. The van der Waals surface area contributed by atoms with Crippen molar-refractivity contribution in [1.82, 2.24) is 10.2 Å². The van der Waals surface area contributed by atoms with Gasteiger partial charge in [-0.2, -0.15) is 0 Å². The molecule has 1 rings (SSSR count). The SMILES string of the molecule is CCC1CNCCN1C(=N)N. The van der Waals surface area contributed by atoms with Gasteiger partial charge in [-0.3, -0.25) is 5.41 Å². The lowest BCUT2D eigenvalue weighted by molar-refractivity contribution is 0.247. The van der Waals surface area contributed by atoms with Gasteiger partial charge in [0.25, 0.3) is 0 Å². The van der Waals surface area contributed by atoms with E-state index >= 15 is 0 Å². The Morgan fingerprint density at radius 1 is 1.82 bits per heavy atom.